The summed E-state index contributed by atoms with van der Waals surface area (Å²) in [6.07, 6.45) is 5.34. The van der Waals surface area contributed by atoms with Crippen molar-refractivity contribution in [3.05, 3.63) is 35.9 Å². The lowest BCUT2D eigenvalue weighted by Crippen LogP contribution is -2.65. The summed E-state index contributed by atoms with van der Waals surface area (Å²) < 4.78 is 5.51. The van der Waals surface area contributed by atoms with Gasteiger partial charge in [0.1, 0.15) is 6.54 Å². The van der Waals surface area contributed by atoms with Crippen LogP contribution in [0.25, 0.3) is 0 Å². The Morgan fingerprint density at radius 1 is 1.06 bits per heavy atom. The van der Waals surface area contributed by atoms with Crippen molar-refractivity contribution in [3.8, 4) is 0 Å². The van der Waals surface area contributed by atoms with Crippen LogP contribution in [-0.4, -0.2) is 65.4 Å². The third-order valence-electron chi connectivity index (χ3n) is 7.57. The molecule has 8 nitrogen and oxygen atoms in total. The van der Waals surface area contributed by atoms with E-state index in [1.165, 1.54) is 5.56 Å². The lowest BCUT2D eigenvalue weighted by molar-refractivity contribution is -0.165. The highest BCUT2D eigenvalue weighted by atomic mass is 16.5. The zero-order valence-electron chi connectivity index (χ0n) is 18.8. The second kappa shape index (κ2) is 10.0. The van der Waals surface area contributed by atoms with Gasteiger partial charge in [-0.05, 0) is 55.9 Å². The van der Waals surface area contributed by atoms with E-state index < -0.39 is 41.6 Å². The van der Waals surface area contributed by atoms with Gasteiger partial charge in [-0.15, -0.1) is 0 Å². The maximum Gasteiger partial charge on any atom is 0.322 e. The Bertz CT molecular complexity index is 887. The molecule has 1 atom stereocenters. The lowest BCUT2D eigenvalue weighted by atomic mass is 9.73. The average Bonchev–Trinajstić information content (AvgIpc) is 2.82. The van der Waals surface area contributed by atoms with Crippen molar-refractivity contribution < 1.29 is 29.0 Å². The molecular formula is C25H32N2O6. The molecule has 2 N–H and O–H groups in total. The topological polar surface area (TPSA) is 113 Å². The number of ether oxygens (including phenoxy) is 1. The highest BCUT2D eigenvalue weighted by Gasteiger charge is 2.53. The van der Waals surface area contributed by atoms with Gasteiger partial charge in [-0.25, -0.2) is 0 Å². The number of likely N-dealkylation sites (tertiary alicyclic amines) is 1. The summed E-state index contributed by atoms with van der Waals surface area (Å²) in [7, 11) is 0. The van der Waals surface area contributed by atoms with Crippen molar-refractivity contribution in [2.24, 2.45) is 11.8 Å². The number of amides is 2. The maximum absolute atomic E-state index is 13.5. The Morgan fingerprint density at radius 3 is 2.36 bits per heavy atom. The third kappa shape index (κ3) is 5.11. The maximum atomic E-state index is 13.5. The van der Waals surface area contributed by atoms with Crippen LogP contribution < -0.4 is 5.32 Å². The van der Waals surface area contributed by atoms with Gasteiger partial charge in [-0.1, -0.05) is 30.3 Å². The molecule has 3 fully saturated rings. The molecule has 1 saturated carbocycles. The number of benzene rings is 1. The molecule has 2 heterocycles. The second-order valence-corrected chi connectivity index (χ2v) is 9.60. The van der Waals surface area contributed by atoms with E-state index in [0.29, 0.717) is 44.4 Å². The summed E-state index contributed by atoms with van der Waals surface area (Å²) >= 11 is 0. The van der Waals surface area contributed by atoms with Crippen LogP contribution in [0.3, 0.4) is 0 Å². The molecule has 4 rings (SSSR count). The van der Waals surface area contributed by atoms with Crippen LogP contribution in [0.15, 0.2) is 30.3 Å². The molecule has 178 valence electrons. The molecule has 1 aromatic rings. The van der Waals surface area contributed by atoms with Crippen LogP contribution in [-0.2, 0) is 23.9 Å². The summed E-state index contributed by atoms with van der Waals surface area (Å²) in [5.41, 5.74) is 0.749. The van der Waals surface area contributed by atoms with Crippen molar-refractivity contribution in [1.29, 1.82) is 0 Å². The van der Waals surface area contributed by atoms with Crippen LogP contribution in [0, 0.1) is 11.8 Å². The summed E-state index contributed by atoms with van der Waals surface area (Å²) in [5.74, 6) is -3.56. The van der Waals surface area contributed by atoms with E-state index in [4.69, 9.17) is 9.84 Å². The smallest absolute Gasteiger partial charge is 0.322 e. The molecule has 0 bridgehead atoms. The van der Waals surface area contributed by atoms with Crippen LogP contribution in [0.1, 0.15) is 56.4 Å². The predicted octanol–water partition coefficient (Wildman–Crippen LogP) is 2.13. The van der Waals surface area contributed by atoms with E-state index in [9.17, 15) is 19.2 Å². The summed E-state index contributed by atoms with van der Waals surface area (Å²) in [4.78, 5) is 51.6. The van der Waals surface area contributed by atoms with Gasteiger partial charge >= 0.3 is 5.97 Å². The van der Waals surface area contributed by atoms with Gasteiger partial charge in [0.25, 0.3) is 0 Å². The van der Waals surface area contributed by atoms with Crippen molar-refractivity contribution >= 4 is 23.6 Å². The van der Waals surface area contributed by atoms with Crippen LogP contribution >= 0.6 is 0 Å². The third-order valence-corrected chi connectivity index (χ3v) is 7.57. The van der Waals surface area contributed by atoms with Gasteiger partial charge in [0.15, 0.2) is 11.7 Å². The first-order valence-electron chi connectivity index (χ1n) is 11.9. The molecule has 1 unspecified atom stereocenters. The Kier molecular flexibility index (Phi) is 7.12. The van der Waals surface area contributed by atoms with Gasteiger partial charge in [0.05, 0.1) is 5.54 Å². The molecule has 2 amide bonds. The number of Topliss-reactive ketones (excluding diaryl/α,β-unsaturated/α-hetero) is 1. The standard InChI is InChI=1S/C25H32N2O6/c28-20-14-25(10-12-33-13-11-25)27(24(32)22(20)23(31)26-15-21(29)30)16-17-6-8-19(9-7-17)18-4-2-1-3-5-18/h1-5,17,19,22H,6-16H2,(H,26,31)(H,29,30). The normalized spacial score (nSPS) is 27.4. The first kappa shape index (κ1) is 23.4. The number of nitrogens with one attached hydrogen (secondary N) is 1. The van der Waals surface area contributed by atoms with Crippen molar-refractivity contribution in [3.63, 3.8) is 0 Å². The Morgan fingerprint density at radius 2 is 1.73 bits per heavy atom. The number of hydrogen-bond donors (Lipinski definition) is 2. The van der Waals surface area contributed by atoms with Gasteiger partial charge in [-0.3, -0.25) is 19.2 Å². The number of carbonyl (C=O) groups excluding carboxylic acids is 3. The zero-order valence-corrected chi connectivity index (χ0v) is 18.8. The lowest BCUT2D eigenvalue weighted by Gasteiger charge is -2.51. The zero-order chi connectivity index (χ0) is 23.4. The van der Waals surface area contributed by atoms with E-state index in [1.807, 2.05) is 6.07 Å². The van der Waals surface area contributed by atoms with Gasteiger partial charge in [0.2, 0.25) is 11.8 Å². The number of carboxylic acid groups (broad SMARTS) is 1. The molecular weight excluding hydrogens is 424 g/mol. The van der Waals surface area contributed by atoms with Gasteiger partial charge in [0, 0.05) is 26.2 Å². The van der Waals surface area contributed by atoms with Gasteiger partial charge in [-0.2, -0.15) is 0 Å². The number of carboxylic acids is 1. The summed E-state index contributed by atoms with van der Waals surface area (Å²) in [6.45, 7) is 0.871. The van der Waals surface area contributed by atoms with E-state index in [-0.39, 0.29) is 6.42 Å². The number of rotatable bonds is 6. The molecule has 2 saturated heterocycles. The van der Waals surface area contributed by atoms with Crippen LogP contribution in [0.2, 0.25) is 0 Å². The number of piperidine rings is 1. The largest absolute Gasteiger partial charge is 0.480 e. The SMILES string of the molecule is O=C(O)CNC(=O)C1C(=O)CC2(CCOCC2)N(CC2CCC(c3ccccc3)CC2)C1=O. The number of hydrogen-bond acceptors (Lipinski definition) is 5. The fourth-order valence-corrected chi connectivity index (χ4v) is 5.72. The van der Waals surface area contributed by atoms with E-state index in [1.54, 1.807) is 4.90 Å². The number of aliphatic carboxylic acids is 1. The Hall–Kier alpha value is -2.74. The number of nitrogens with zero attached hydrogens (tertiary/aromatic N) is 1. The van der Waals surface area contributed by atoms with Crippen LogP contribution in [0.5, 0.6) is 0 Å². The molecule has 1 spiro atoms. The molecule has 8 heteroatoms. The second-order valence-electron chi connectivity index (χ2n) is 9.60. The molecule has 2 aliphatic heterocycles. The highest BCUT2D eigenvalue weighted by Crippen LogP contribution is 2.41. The monoisotopic (exact) mass is 456 g/mol. The highest BCUT2D eigenvalue weighted by molar-refractivity contribution is 6.20. The van der Waals surface area contributed by atoms with Crippen molar-refractivity contribution in [2.75, 3.05) is 26.3 Å². The quantitative estimate of drug-likeness (QED) is 0.634. The van der Waals surface area contributed by atoms with E-state index >= 15 is 0 Å². The molecule has 1 aliphatic carbocycles. The molecule has 0 radical (unpaired) electrons. The number of carbonyl (C=O) groups is 4. The van der Waals surface area contributed by atoms with Crippen LogP contribution in [0.4, 0.5) is 0 Å². The first-order valence-corrected chi connectivity index (χ1v) is 11.9. The first-order chi connectivity index (χ1) is 15.9. The van der Waals surface area contributed by atoms with Crippen molar-refractivity contribution in [2.45, 2.75) is 56.4 Å². The predicted molar refractivity (Wildman–Crippen MR) is 119 cm³/mol. The minimum absolute atomic E-state index is 0.118. The van der Waals surface area contributed by atoms with E-state index in [0.717, 1.165) is 25.7 Å². The minimum Gasteiger partial charge on any atom is -0.480 e. The summed E-state index contributed by atoms with van der Waals surface area (Å²) in [6, 6.07) is 10.5. The molecule has 0 aromatic heterocycles. The van der Waals surface area contributed by atoms with Crippen molar-refractivity contribution in [1.82, 2.24) is 10.2 Å². The minimum atomic E-state index is -1.46. The summed E-state index contributed by atoms with van der Waals surface area (Å²) in [5, 5.41) is 11.1. The van der Waals surface area contributed by atoms with Gasteiger partial charge < -0.3 is 20.1 Å². The number of ketones is 1. The van der Waals surface area contributed by atoms with E-state index in [2.05, 4.69) is 29.6 Å². The average molecular weight is 457 g/mol. The fourth-order valence-electron chi connectivity index (χ4n) is 5.72. The Balaban J connectivity index is 1.48. The Labute approximate surface area is 193 Å². The fraction of sp³-hybridized carbons (Fsp3) is 0.600. The molecule has 3 aliphatic rings. The molecule has 33 heavy (non-hydrogen) atoms. The molecule has 1 aromatic carbocycles.